The molecule has 1 unspecified atom stereocenters. The third kappa shape index (κ3) is 6.25. The van der Waals surface area contributed by atoms with Crippen LogP contribution in [-0.2, 0) is 9.53 Å². The molecular weight excluding hydrogens is 494 g/mol. The van der Waals surface area contributed by atoms with Crippen LogP contribution in [0.3, 0.4) is 0 Å². The molecule has 0 spiro atoms. The number of nitriles is 1. The molecular formula is C30H29N5O4. The van der Waals surface area contributed by atoms with E-state index in [-0.39, 0.29) is 12.6 Å². The summed E-state index contributed by atoms with van der Waals surface area (Å²) in [4.78, 5) is 40.6. The number of nitrogens with one attached hydrogen (secondary N) is 3. The second-order valence-electron chi connectivity index (χ2n) is 8.77. The second kappa shape index (κ2) is 12.4. The van der Waals surface area contributed by atoms with Crippen molar-refractivity contribution in [1.29, 1.82) is 5.26 Å². The molecule has 9 heteroatoms. The molecule has 3 aromatic carbocycles. The largest absolute Gasteiger partial charge is 0.463 e. The number of urea groups is 2. The summed E-state index contributed by atoms with van der Waals surface area (Å²) in [5.74, 6) is -0.508. The summed E-state index contributed by atoms with van der Waals surface area (Å²) < 4.78 is 5.44. The maximum absolute atomic E-state index is 13.3. The van der Waals surface area contributed by atoms with Gasteiger partial charge in [-0.3, -0.25) is 4.90 Å². The molecule has 3 N–H and O–H groups in total. The van der Waals surface area contributed by atoms with E-state index in [4.69, 9.17) is 10.00 Å². The van der Waals surface area contributed by atoms with E-state index in [0.717, 1.165) is 5.56 Å². The number of esters is 1. The Morgan fingerprint density at radius 1 is 0.949 bits per heavy atom. The number of ether oxygens (including phenoxy) is 1. The smallest absolute Gasteiger partial charge is 0.338 e. The van der Waals surface area contributed by atoms with Gasteiger partial charge in [-0.2, -0.15) is 5.26 Å². The van der Waals surface area contributed by atoms with Crippen LogP contribution in [0.5, 0.6) is 0 Å². The fourth-order valence-corrected chi connectivity index (χ4v) is 4.36. The van der Waals surface area contributed by atoms with Crippen LogP contribution < -0.4 is 16.0 Å². The van der Waals surface area contributed by atoms with Crippen LogP contribution in [0.1, 0.15) is 43.0 Å². The molecule has 1 atom stereocenters. The average Bonchev–Trinajstić information content (AvgIpc) is 2.95. The maximum Gasteiger partial charge on any atom is 0.338 e. The molecule has 198 valence electrons. The molecule has 0 radical (unpaired) electrons. The molecule has 4 rings (SSSR count). The molecule has 3 aromatic rings. The van der Waals surface area contributed by atoms with Gasteiger partial charge in [-0.05, 0) is 60.9 Å². The van der Waals surface area contributed by atoms with Gasteiger partial charge in [-0.15, -0.1) is 0 Å². The van der Waals surface area contributed by atoms with Gasteiger partial charge in [0.05, 0.1) is 35.6 Å². The van der Waals surface area contributed by atoms with Gasteiger partial charge in [0.25, 0.3) is 0 Å². The first kappa shape index (κ1) is 26.9. The summed E-state index contributed by atoms with van der Waals surface area (Å²) in [6, 6.07) is 23.3. The lowest BCUT2D eigenvalue weighted by Gasteiger charge is -2.36. The Labute approximate surface area is 227 Å². The van der Waals surface area contributed by atoms with Crippen LogP contribution in [0.4, 0.5) is 21.0 Å². The van der Waals surface area contributed by atoms with Gasteiger partial charge >= 0.3 is 18.0 Å². The number of carbonyl (C=O) groups excluding carboxylic acids is 3. The van der Waals surface area contributed by atoms with Crippen molar-refractivity contribution in [2.45, 2.75) is 26.3 Å². The number of rotatable bonds is 8. The fourth-order valence-electron chi connectivity index (χ4n) is 4.36. The molecule has 4 amide bonds. The summed E-state index contributed by atoms with van der Waals surface area (Å²) >= 11 is 0. The normalized spacial score (nSPS) is 14.7. The van der Waals surface area contributed by atoms with Gasteiger partial charge in [0.1, 0.15) is 0 Å². The molecule has 1 aliphatic heterocycles. The minimum Gasteiger partial charge on any atom is -0.463 e. The van der Waals surface area contributed by atoms with E-state index in [1.807, 2.05) is 43.3 Å². The second-order valence-corrected chi connectivity index (χ2v) is 8.77. The van der Waals surface area contributed by atoms with Gasteiger partial charge in [0.15, 0.2) is 0 Å². The Kier molecular flexibility index (Phi) is 8.59. The highest BCUT2D eigenvalue weighted by atomic mass is 16.5. The summed E-state index contributed by atoms with van der Waals surface area (Å²) in [6.45, 7) is 4.33. The first-order valence-electron chi connectivity index (χ1n) is 12.7. The predicted octanol–water partition coefficient (Wildman–Crippen LogP) is 5.65. The minimum absolute atomic E-state index is 0.191. The van der Waals surface area contributed by atoms with Gasteiger partial charge in [0.2, 0.25) is 0 Å². The summed E-state index contributed by atoms with van der Waals surface area (Å²) in [5, 5.41) is 17.3. The number of amides is 4. The molecule has 0 aromatic heterocycles. The number of benzene rings is 3. The molecule has 0 fully saturated rings. The highest BCUT2D eigenvalue weighted by Gasteiger charge is 2.38. The predicted molar refractivity (Wildman–Crippen MR) is 149 cm³/mol. The van der Waals surface area contributed by atoms with Crippen LogP contribution >= 0.6 is 0 Å². The van der Waals surface area contributed by atoms with Crippen molar-refractivity contribution in [3.8, 4) is 6.07 Å². The zero-order valence-electron chi connectivity index (χ0n) is 21.7. The molecule has 39 heavy (non-hydrogen) atoms. The number of hydrogen-bond donors (Lipinski definition) is 3. The summed E-state index contributed by atoms with van der Waals surface area (Å²) in [7, 11) is 0. The molecule has 1 aliphatic rings. The van der Waals surface area contributed by atoms with E-state index < -0.39 is 18.0 Å². The minimum atomic E-state index is -0.749. The van der Waals surface area contributed by atoms with Crippen molar-refractivity contribution < 1.29 is 19.1 Å². The number of carbonyl (C=O) groups is 3. The first-order valence-corrected chi connectivity index (χ1v) is 12.7. The van der Waals surface area contributed by atoms with Crippen molar-refractivity contribution in [3.05, 3.63) is 101 Å². The van der Waals surface area contributed by atoms with E-state index in [2.05, 4.69) is 16.0 Å². The molecule has 0 bridgehead atoms. The van der Waals surface area contributed by atoms with E-state index in [9.17, 15) is 14.4 Å². The van der Waals surface area contributed by atoms with E-state index >= 15 is 0 Å². The molecule has 0 saturated heterocycles. The molecule has 0 aliphatic carbocycles. The van der Waals surface area contributed by atoms with Crippen molar-refractivity contribution in [1.82, 2.24) is 10.2 Å². The molecule has 9 nitrogen and oxygen atoms in total. The van der Waals surface area contributed by atoms with Crippen LogP contribution in [0.25, 0.3) is 5.70 Å². The SMILES string of the molecule is CCCN1C(=O)NC(c2ccc(NC(=O)Nc3ccc(C#N)cc3)cc2)C(C(=O)OCC)=C1c1ccccc1. The van der Waals surface area contributed by atoms with Crippen molar-refractivity contribution in [2.75, 3.05) is 23.8 Å². The van der Waals surface area contributed by atoms with Crippen LogP contribution in [-0.4, -0.2) is 36.1 Å². The lowest BCUT2D eigenvalue weighted by Crippen LogP contribution is -2.48. The van der Waals surface area contributed by atoms with E-state index in [1.165, 1.54) is 0 Å². The fraction of sp³-hybridized carbons (Fsp3) is 0.200. The highest BCUT2D eigenvalue weighted by molar-refractivity contribution is 6.05. The molecule has 1 heterocycles. The van der Waals surface area contributed by atoms with Crippen LogP contribution in [0, 0.1) is 11.3 Å². The topological polar surface area (TPSA) is 124 Å². The van der Waals surface area contributed by atoms with E-state index in [0.29, 0.717) is 46.7 Å². The van der Waals surface area contributed by atoms with Crippen molar-refractivity contribution in [2.24, 2.45) is 0 Å². The lowest BCUT2D eigenvalue weighted by atomic mass is 9.91. The highest BCUT2D eigenvalue weighted by Crippen LogP contribution is 2.37. The third-order valence-electron chi connectivity index (χ3n) is 6.09. The summed E-state index contributed by atoms with van der Waals surface area (Å²) in [5.41, 5.74) is 3.83. The zero-order chi connectivity index (χ0) is 27.8. The quantitative estimate of drug-likeness (QED) is 0.329. The van der Waals surface area contributed by atoms with Crippen molar-refractivity contribution in [3.63, 3.8) is 0 Å². The van der Waals surface area contributed by atoms with Gasteiger partial charge in [-0.25, -0.2) is 14.4 Å². The van der Waals surface area contributed by atoms with Gasteiger partial charge < -0.3 is 20.7 Å². The number of anilines is 2. The van der Waals surface area contributed by atoms with Gasteiger partial charge in [-0.1, -0.05) is 49.4 Å². The Bertz CT molecular complexity index is 1410. The third-order valence-corrected chi connectivity index (χ3v) is 6.09. The first-order chi connectivity index (χ1) is 18.9. The zero-order valence-corrected chi connectivity index (χ0v) is 21.7. The lowest BCUT2D eigenvalue weighted by molar-refractivity contribution is -0.138. The summed E-state index contributed by atoms with van der Waals surface area (Å²) in [6.07, 6.45) is 0.704. The standard InChI is InChI=1S/C30H29N5O4/c1-3-18-35-27(22-8-6-5-7-9-22)25(28(36)39-4-2)26(34-30(35)38)21-12-16-24(17-13-21)33-29(37)32-23-14-10-20(19-31)11-15-23/h5-17,26H,3-4,18H2,1-2H3,(H,34,38)(H2,32,33,37). The van der Waals surface area contributed by atoms with Crippen LogP contribution in [0.2, 0.25) is 0 Å². The van der Waals surface area contributed by atoms with Crippen LogP contribution in [0.15, 0.2) is 84.4 Å². The Balaban J connectivity index is 1.63. The Morgan fingerprint density at radius 3 is 2.13 bits per heavy atom. The number of hydrogen-bond acceptors (Lipinski definition) is 5. The Hall–Kier alpha value is -5.10. The molecule has 0 saturated carbocycles. The monoisotopic (exact) mass is 523 g/mol. The Morgan fingerprint density at radius 2 is 1.56 bits per heavy atom. The average molecular weight is 524 g/mol. The maximum atomic E-state index is 13.3. The number of nitrogens with zero attached hydrogens (tertiary/aromatic N) is 2. The van der Waals surface area contributed by atoms with Gasteiger partial charge in [0, 0.05) is 17.9 Å². The van der Waals surface area contributed by atoms with Crippen molar-refractivity contribution >= 4 is 35.1 Å². The van der Waals surface area contributed by atoms with E-state index in [1.54, 1.807) is 60.4 Å².